The van der Waals surface area contributed by atoms with Gasteiger partial charge in [-0.1, -0.05) is 19.1 Å². The van der Waals surface area contributed by atoms with Gasteiger partial charge in [0.15, 0.2) is 0 Å². The van der Waals surface area contributed by atoms with Gasteiger partial charge in [0.2, 0.25) is 5.91 Å². The van der Waals surface area contributed by atoms with E-state index in [2.05, 4.69) is 5.32 Å². The molecule has 1 unspecified atom stereocenters. The third-order valence-corrected chi connectivity index (χ3v) is 2.87. The summed E-state index contributed by atoms with van der Waals surface area (Å²) in [4.78, 5) is 11.7. The van der Waals surface area contributed by atoms with Crippen molar-refractivity contribution < 1.29 is 14.6 Å². The number of carbonyl (C=O) groups is 1. The molecule has 4 heteroatoms. The van der Waals surface area contributed by atoms with Gasteiger partial charge in [-0.25, -0.2) is 0 Å². The molecule has 1 rings (SSSR count). The summed E-state index contributed by atoms with van der Waals surface area (Å²) in [5.41, 5.74) is 0.968. The zero-order valence-corrected chi connectivity index (χ0v) is 11.7. The largest absolute Gasteiger partial charge is 0.494 e. The van der Waals surface area contributed by atoms with Gasteiger partial charge in [0.05, 0.1) is 13.0 Å². The second-order valence-corrected chi connectivity index (χ2v) is 4.68. The van der Waals surface area contributed by atoms with E-state index in [0.29, 0.717) is 31.9 Å². The van der Waals surface area contributed by atoms with E-state index in [4.69, 9.17) is 9.84 Å². The standard InChI is InChI=1S/C15H23NO3/c1-3-19-14-6-4-13(5-7-14)10-15(18)16-11-12(2)8-9-17/h4-7,12,17H,3,8-11H2,1-2H3,(H,16,18). The lowest BCUT2D eigenvalue weighted by Gasteiger charge is -2.11. The molecule has 4 nitrogen and oxygen atoms in total. The summed E-state index contributed by atoms with van der Waals surface area (Å²) in [6.07, 6.45) is 1.08. The molecule has 1 amide bonds. The lowest BCUT2D eigenvalue weighted by atomic mass is 10.1. The number of rotatable bonds is 8. The highest BCUT2D eigenvalue weighted by molar-refractivity contribution is 5.78. The highest BCUT2D eigenvalue weighted by atomic mass is 16.5. The SMILES string of the molecule is CCOc1ccc(CC(=O)NCC(C)CCO)cc1. The van der Waals surface area contributed by atoms with Gasteiger partial charge >= 0.3 is 0 Å². The van der Waals surface area contributed by atoms with Crippen molar-refractivity contribution in [3.05, 3.63) is 29.8 Å². The van der Waals surface area contributed by atoms with E-state index in [0.717, 1.165) is 11.3 Å². The van der Waals surface area contributed by atoms with Gasteiger partial charge in [-0.15, -0.1) is 0 Å². The van der Waals surface area contributed by atoms with Crippen LogP contribution in [0.2, 0.25) is 0 Å². The first-order valence-corrected chi connectivity index (χ1v) is 6.75. The summed E-state index contributed by atoms with van der Waals surface area (Å²) in [5.74, 6) is 1.13. The number of hydrogen-bond donors (Lipinski definition) is 2. The number of aliphatic hydroxyl groups is 1. The average Bonchev–Trinajstić information content (AvgIpc) is 2.39. The number of nitrogens with one attached hydrogen (secondary N) is 1. The molecule has 1 aromatic carbocycles. The molecular formula is C15H23NO3. The van der Waals surface area contributed by atoms with Crippen LogP contribution in [-0.2, 0) is 11.2 Å². The Kier molecular flexibility index (Phi) is 6.97. The second-order valence-electron chi connectivity index (χ2n) is 4.68. The topological polar surface area (TPSA) is 58.6 Å². The van der Waals surface area contributed by atoms with Crippen molar-refractivity contribution in [2.24, 2.45) is 5.92 Å². The van der Waals surface area contributed by atoms with Crippen LogP contribution in [0.3, 0.4) is 0 Å². The van der Waals surface area contributed by atoms with Crippen molar-refractivity contribution in [3.63, 3.8) is 0 Å². The van der Waals surface area contributed by atoms with Crippen LogP contribution in [0.4, 0.5) is 0 Å². The minimum Gasteiger partial charge on any atom is -0.494 e. The van der Waals surface area contributed by atoms with Gasteiger partial charge in [0, 0.05) is 13.2 Å². The molecule has 0 spiro atoms. The first-order valence-electron chi connectivity index (χ1n) is 6.75. The summed E-state index contributed by atoms with van der Waals surface area (Å²) in [6, 6.07) is 7.56. The Bertz CT molecular complexity index is 375. The first kappa shape index (κ1) is 15.5. The van der Waals surface area contributed by atoms with E-state index in [1.807, 2.05) is 38.1 Å². The van der Waals surface area contributed by atoms with E-state index in [-0.39, 0.29) is 12.5 Å². The molecule has 0 aliphatic carbocycles. The molecule has 1 aromatic rings. The lowest BCUT2D eigenvalue weighted by Crippen LogP contribution is -2.29. The van der Waals surface area contributed by atoms with Crippen molar-refractivity contribution in [2.45, 2.75) is 26.7 Å². The molecule has 0 fully saturated rings. The minimum atomic E-state index is 0.00829. The molecule has 0 heterocycles. The Balaban J connectivity index is 2.35. The van der Waals surface area contributed by atoms with Crippen LogP contribution in [-0.4, -0.2) is 30.8 Å². The molecule has 0 saturated heterocycles. The van der Waals surface area contributed by atoms with Gasteiger partial charge in [-0.05, 0) is 37.0 Å². The van der Waals surface area contributed by atoms with Gasteiger partial charge in [-0.2, -0.15) is 0 Å². The van der Waals surface area contributed by atoms with Gasteiger partial charge in [0.1, 0.15) is 5.75 Å². The van der Waals surface area contributed by atoms with Crippen molar-refractivity contribution in [2.75, 3.05) is 19.8 Å². The highest BCUT2D eigenvalue weighted by Gasteiger charge is 2.06. The van der Waals surface area contributed by atoms with Crippen LogP contribution in [0, 0.1) is 5.92 Å². The molecule has 0 aromatic heterocycles. The second kappa shape index (κ2) is 8.53. The molecule has 0 radical (unpaired) electrons. The van der Waals surface area contributed by atoms with E-state index in [1.54, 1.807) is 0 Å². The number of amides is 1. The van der Waals surface area contributed by atoms with E-state index in [1.165, 1.54) is 0 Å². The molecule has 0 bridgehead atoms. The normalized spacial score (nSPS) is 11.9. The predicted octanol–water partition coefficient (Wildman–Crippen LogP) is 1.76. The zero-order chi connectivity index (χ0) is 14.1. The van der Waals surface area contributed by atoms with Crippen molar-refractivity contribution in [1.82, 2.24) is 5.32 Å². The Morgan fingerprint density at radius 1 is 1.37 bits per heavy atom. The molecule has 19 heavy (non-hydrogen) atoms. The van der Waals surface area contributed by atoms with Crippen molar-refractivity contribution in [1.29, 1.82) is 0 Å². The van der Waals surface area contributed by atoms with Crippen LogP contribution in [0.5, 0.6) is 5.75 Å². The average molecular weight is 265 g/mol. The van der Waals surface area contributed by atoms with Gasteiger partial charge in [-0.3, -0.25) is 4.79 Å². The van der Waals surface area contributed by atoms with Crippen molar-refractivity contribution >= 4 is 5.91 Å². The highest BCUT2D eigenvalue weighted by Crippen LogP contribution is 2.12. The van der Waals surface area contributed by atoms with Crippen molar-refractivity contribution in [3.8, 4) is 5.75 Å². The maximum atomic E-state index is 11.7. The van der Waals surface area contributed by atoms with Crippen LogP contribution in [0.15, 0.2) is 24.3 Å². The van der Waals surface area contributed by atoms with E-state index >= 15 is 0 Å². The quantitative estimate of drug-likeness (QED) is 0.753. The smallest absolute Gasteiger partial charge is 0.224 e. The Hall–Kier alpha value is -1.55. The molecule has 0 aliphatic rings. The van der Waals surface area contributed by atoms with Crippen LogP contribution >= 0.6 is 0 Å². The summed E-state index contributed by atoms with van der Waals surface area (Å²) in [7, 11) is 0. The predicted molar refractivity (Wildman–Crippen MR) is 75.2 cm³/mol. The maximum Gasteiger partial charge on any atom is 0.224 e. The first-order chi connectivity index (χ1) is 9.15. The number of ether oxygens (including phenoxy) is 1. The van der Waals surface area contributed by atoms with Crippen LogP contribution < -0.4 is 10.1 Å². The molecule has 106 valence electrons. The Labute approximate surface area is 114 Å². The summed E-state index contributed by atoms with van der Waals surface area (Å²) < 4.78 is 5.35. The van der Waals surface area contributed by atoms with E-state index in [9.17, 15) is 4.79 Å². The number of benzene rings is 1. The Morgan fingerprint density at radius 2 is 2.05 bits per heavy atom. The fourth-order valence-electron chi connectivity index (χ4n) is 1.73. The fourth-order valence-corrected chi connectivity index (χ4v) is 1.73. The summed E-state index contributed by atoms with van der Waals surface area (Å²) >= 11 is 0. The molecule has 1 atom stereocenters. The number of aliphatic hydroxyl groups excluding tert-OH is 1. The number of carbonyl (C=O) groups excluding carboxylic acids is 1. The summed E-state index contributed by atoms with van der Waals surface area (Å²) in [6.45, 7) is 5.36. The monoisotopic (exact) mass is 265 g/mol. The number of hydrogen-bond acceptors (Lipinski definition) is 3. The van der Waals surface area contributed by atoms with Gasteiger partial charge < -0.3 is 15.2 Å². The fraction of sp³-hybridized carbons (Fsp3) is 0.533. The third kappa shape index (κ3) is 6.25. The third-order valence-electron chi connectivity index (χ3n) is 2.87. The molecular weight excluding hydrogens is 242 g/mol. The maximum absolute atomic E-state index is 11.7. The van der Waals surface area contributed by atoms with E-state index < -0.39 is 0 Å². The lowest BCUT2D eigenvalue weighted by molar-refractivity contribution is -0.120. The van der Waals surface area contributed by atoms with Crippen LogP contribution in [0.1, 0.15) is 25.8 Å². The molecule has 0 saturated carbocycles. The minimum absolute atomic E-state index is 0.00829. The summed E-state index contributed by atoms with van der Waals surface area (Å²) in [5, 5.41) is 11.7. The molecule has 2 N–H and O–H groups in total. The van der Waals surface area contributed by atoms with Gasteiger partial charge in [0.25, 0.3) is 0 Å². The van der Waals surface area contributed by atoms with Crippen LogP contribution in [0.25, 0.3) is 0 Å². The molecule has 0 aliphatic heterocycles. The Morgan fingerprint density at radius 3 is 2.63 bits per heavy atom. The zero-order valence-electron chi connectivity index (χ0n) is 11.7.